The molecule has 2 N–H and O–H groups in total. The molecule has 1 aromatic heterocycles. The largest absolute Gasteiger partial charge is 0.383 e. The first-order valence-corrected chi connectivity index (χ1v) is 8.33. The van der Waals surface area contributed by atoms with Crippen LogP contribution in [-0.2, 0) is 0 Å². The van der Waals surface area contributed by atoms with Gasteiger partial charge in [-0.25, -0.2) is 0 Å². The first kappa shape index (κ1) is 18.1. The Kier molecular flexibility index (Phi) is 5.41. The molecule has 136 valence electrons. The zero-order valence-corrected chi connectivity index (χ0v) is 14.6. The number of rotatable bonds is 6. The molecule has 7 heteroatoms. The van der Waals surface area contributed by atoms with E-state index in [4.69, 9.17) is 0 Å². The Morgan fingerprint density at radius 2 is 1.81 bits per heavy atom. The number of nitro groups is 1. The smallest absolute Gasteiger partial charge is 0.293 e. The monoisotopic (exact) mass is 362 g/mol. The highest BCUT2D eigenvalue weighted by molar-refractivity contribution is 5.96. The van der Waals surface area contributed by atoms with Crippen molar-refractivity contribution in [2.24, 2.45) is 0 Å². The summed E-state index contributed by atoms with van der Waals surface area (Å²) in [5.41, 5.74) is 1.95. The fourth-order valence-corrected chi connectivity index (χ4v) is 2.77. The van der Waals surface area contributed by atoms with Gasteiger partial charge in [0.05, 0.1) is 16.7 Å². The molecule has 1 unspecified atom stereocenters. The van der Waals surface area contributed by atoms with Crippen LogP contribution in [0.1, 0.15) is 27.7 Å². The van der Waals surface area contributed by atoms with Gasteiger partial charge in [-0.1, -0.05) is 36.4 Å². The Hall–Kier alpha value is -3.74. The van der Waals surface area contributed by atoms with Crippen molar-refractivity contribution < 1.29 is 9.72 Å². The molecule has 0 spiro atoms. The maximum Gasteiger partial charge on any atom is 0.293 e. The van der Waals surface area contributed by atoms with E-state index in [1.165, 1.54) is 12.1 Å². The highest BCUT2D eigenvalue weighted by Crippen LogP contribution is 2.26. The van der Waals surface area contributed by atoms with Gasteiger partial charge in [0.15, 0.2) is 0 Å². The first-order valence-electron chi connectivity index (χ1n) is 8.33. The SMILES string of the molecule is CNc1ccc(C(=O)NC(c2ccccc2)c2ccccn2)cc1[N+](=O)[O-]. The number of nitrogens with zero attached hydrogens (tertiary/aromatic N) is 2. The summed E-state index contributed by atoms with van der Waals surface area (Å²) in [5.74, 6) is -0.416. The second-order valence-corrected chi connectivity index (χ2v) is 5.81. The van der Waals surface area contributed by atoms with E-state index in [2.05, 4.69) is 15.6 Å². The number of carbonyl (C=O) groups excluding carboxylic acids is 1. The maximum atomic E-state index is 12.8. The lowest BCUT2D eigenvalue weighted by Gasteiger charge is -2.19. The Bertz CT molecular complexity index is 906. The molecule has 0 aliphatic heterocycles. The quantitative estimate of drug-likeness (QED) is 0.516. The molecule has 0 saturated heterocycles. The van der Waals surface area contributed by atoms with Crippen LogP contribution in [0.4, 0.5) is 11.4 Å². The summed E-state index contributed by atoms with van der Waals surface area (Å²) in [6.07, 6.45) is 1.66. The zero-order chi connectivity index (χ0) is 19.2. The average molecular weight is 362 g/mol. The molecule has 0 fully saturated rings. The van der Waals surface area contributed by atoms with Crippen molar-refractivity contribution in [2.45, 2.75) is 6.04 Å². The summed E-state index contributed by atoms with van der Waals surface area (Å²) >= 11 is 0. The number of nitrogens with one attached hydrogen (secondary N) is 2. The van der Waals surface area contributed by atoms with Crippen molar-refractivity contribution >= 4 is 17.3 Å². The number of benzene rings is 2. The molecular weight excluding hydrogens is 344 g/mol. The molecule has 0 radical (unpaired) electrons. The van der Waals surface area contributed by atoms with Crippen LogP contribution >= 0.6 is 0 Å². The molecule has 1 amide bonds. The predicted octanol–water partition coefficient (Wildman–Crippen LogP) is 3.55. The molecule has 1 atom stereocenters. The number of nitro benzene ring substituents is 1. The summed E-state index contributed by atoms with van der Waals surface area (Å²) in [6.45, 7) is 0. The van der Waals surface area contributed by atoms with Crippen LogP contribution in [0.5, 0.6) is 0 Å². The number of hydrogen-bond donors (Lipinski definition) is 2. The van der Waals surface area contributed by atoms with E-state index >= 15 is 0 Å². The molecule has 0 aliphatic carbocycles. The van der Waals surface area contributed by atoms with Gasteiger partial charge in [-0.15, -0.1) is 0 Å². The number of pyridine rings is 1. The summed E-state index contributed by atoms with van der Waals surface area (Å²) in [7, 11) is 1.59. The number of carbonyl (C=O) groups is 1. The van der Waals surface area contributed by atoms with Gasteiger partial charge in [-0.2, -0.15) is 0 Å². The van der Waals surface area contributed by atoms with Gasteiger partial charge in [0.2, 0.25) is 0 Å². The average Bonchev–Trinajstić information content (AvgIpc) is 2.72. The predicted molar refractivity (Wildman–Crippen MR) is 103 cm³/mol. The van der Waals surface area contributed by atoms with Crippen LogP contribution in [0.25, 0.3) is 0 Å². The van der Waals surface area contributed by atoms with Crippen molar-refractivity contribution in [3.05, 3.63) is 99.9 Å². The fraction of sp³-hybridized carbons (Fsp3) is 0.100. The van der Waals surface area contributed by atoms with E-state index < -0.39 is 16.9 Å². The molecule has 27 heavy (non-hydrogen) atoms. The van der Waals surface area contributed by atoms with Crippen LogP contribution in [0.3, 0.4) is 0 Å². The second kappa shape index (κ2) is 8.09. The number of aromatic nitrogens is 1. The normalized spacial score (nSPS) is 11.4. The van der Waals surface area contributed by atoms with E-state index in [9.17, 15) is 14.9 Å². The Labute approximate surface area is 156 Å². The van der Waals surface area contributed by atoms with E-state index in [1.807, 2.05) is 42.5 Å². The summed E-state index contributed by atoms with van der Waals surface area (Å²) in [4.78, 5) is 27.9. The highest BCUT2D eigenvalue weighted by atomic mass is 16.6. The minimum absolute atomic E-state index is 0.153. The Morgan fingerprint density at radius 3 is 2.44 bits per heavy atom. The first-order chi connectivity index (χ1) is 13.1. The topological polar surface area (TPSA) is 97.2 Å². The number of anilines is 1. The third kappa shape index (κ3) is 4.09. The molecule has 0 saturated carbocycles. The molecule has 7 nitrogen and oxygen atoms in total. The summed E-state index contributed by atoms with van der Waals surface area (Å²) in [6, 6.07) is 18.8. The zero-order valence-electron chi connectivity index (χ0n) is 14.6. The van der Waals surface area contributed by atoms with Crippen LogP contribution in [-0.4, -0.2) is 22.9 Å². The summed E-state index contributed by atoms with van der Waals surface area (Å²) < 4.78 is 0. The van der Waals surface area contributed by atoms with E-state index in [0.29, 0.717) is 11.4 Å². The van der Waals surface area contributed by atoms with Gasteiger partial charge in [0.25, 0.3) is 11.6 Å². The molecule has 3 rings (SSSR count). The lowest BCUT2D eigenvalue weighted by Crippen LogP contribution is -2.30. The van der Waals surface area contributed by atoms with Gasteiger partial charge in [-0.05, 0) is 29.8 Å². The molecule has 1 heterocycles. The second-order valence-electron chi connectivity index (χ2n) is 5.81. The lowest BCUT2D eigenvalue weighted by molar-refractivity contribution is -0.384. The van der Waals surface area contributed by atoms with Crippen LogP contribution in [0.15, 0.2) is 72.9 Å². The van der Waals surface area contributed by atoms with E-state index in [1.54, 1.807) is 25.4 Å². The van der Waals surface area contributed by atoms with Crippen molar-refractivity contribution in [3.63, 3.8) is 0 Å². The van der Waals surface area contributed by atoms with Crippen LogP contribution < -0.4 is 10.6 Å². The van der Waals surface area contributed by atoms with Crippen molar-refractivity contribution in [1.29, 1.82) is 0 Å². The third-order valence-electron chi connectivity index (χ3n) is 4.12. The summed E-state index contributed by atoms with van der Waals surface area (Å²) in [5, 5.41) is 16.9. The van der Waals surface area contributed by atoms with Gasteiger partial charge in [0, 0.05) is 24.9 Å². The number of amides is 1. The van der Waals surface area contributed by atoms with Crippen LogP contribution in [0.2, 0.25) is 0 Å². The third-order valence-corrected chi connectivity index (χ3v) is 4.12. The van der Waals surface area contributed by atoms with Crippen molar-refractivity contribution in [2.75, 3.05) is 12.4 Å². The van der Waals surface area contributed by atoms with Crippen molar-refractivity contribution in [3.8, 4) is 0 Å². The van der Waals surface area contributed by atoms with E-state index in [-0.39, 0.29) is 11.3 Å². The molecular formula is C20H18N4O3. The maximum absolute atomic E-state index is 12.8. The van der Waals surface area contributed by atoms with Gasteiger partial charge in [0.1, 0.15) is 5.69 Å². The molecule has 3 aromatic rings. The molecule has 2 aromatic carbocycles. The van der Waals surface area contributed by atoms with Gasteiger partial charge >= 0.3 is 0 Å². The standard InChI is InChI=1S/C20H18N4O3/c1-21-16-11-10-15(13-18(16)24(26)27)20(25)23-19(14-7-3-2-4-8-14)17-9-5-6-12-22-17/h2-13,19,21H,1H3,(H,23,25). The minimum atomic E-state index is -0.518. The van der Waals surface area contributed by atoms with Crippen LogP contribution in [0, 0.1) is 10.1 Å². The molecule has 0 aliphatic rings. The minimum Gasteiger partial charge on any atom is -0.383 e. The lowest BCUT2D eigenvalue weighted by atomic mass is 10.0. The van der Waals surface area contributed by atoms with Crippen molar-refractivity contribution in [1.82, 2.24) is 10.3 Å². The highest BCUT2D eigenvalue weighted by Gasteiger charge is 2.21. The number of hydrogen-bond acceptors (Lipinski definition) is 5. The molecule has 0 bridgehead atoms. The van der Waals surface area contributed by atoms with E-state index in [0.717, 1.165) is 5.56 Å². The van der Waals surface area contributed by atoms with Gasteiger partial charge in [-0.3, -0.25) is 19.9 Å². The Balaban J connectivity index is 1.94. The Morgan fingerprint density at radius 1 is 1.07 bits per heavy atom. The fourth-order valence-electron chi connectivity index (χ4n) is 2.77. The van der Waals surface area contributed by atoms with Gasteiger partial charge < -0.3 is 10.6 Å².